The molecule has 4 rings (SSSR count). The minimum absolute atomic E-state index is 0.0202. The third kappa shape index (κ3) is 6.71. The first kappa shape index (κ1) is 28.0. The number of likely N-dealkylation sites (N-methyl/N-ethyl adjacent to an activating group) is 1. The molecule has 10 heteroatoms. The summed E-state index contributed by atoms with van der Waals surface area (Å²) in [6, 6.07) is 18.4. The molecule has 40 heavy (non-hydrogen) atoms. The number of fused-ring (bicyclic) bond motifs is 1. The van der Waals surface area contributed by atoms with Crippen LogP contribution in [0.2, 0.25) is 0 Å². The molecule has 2 aromatic carbocycles. The molecule has 5 N–H and O–H groups in total. The van der Waals surface area contributed by atoms with Gasteiger partial charge in [0.15, 0.2) is 5.96 Å². The number of guanidine groups is 1. The third-order valence-corrected chi connectivity index (χ3v) is 6.57. The maximum Gasteiger partial charge on any atom is 0.253 e. The number of nitrogens with zero attached hydrogens (tertiary/aromatic N) is 5. The van der Waals surface area contributed by atoms with E-state index in [0.29, 0.717) is 49.3 Å². The van der Waals surface area contributed by atoms with E-state index in [-0.39, 0.29) is 11.9 Å². The van der Waals surface area contributed by atoms with Gasteiger partial charge < -0.3 is 31.0 Å². The number of anilines is 1. The number of benzene rings is 2. The zero-order chi connectivity index (χ0) is 28.5. The number of amides is 1. The van der Waals surface area contributed by atoms with Crippen molar-refractivity contribution in [3.8, 4) is 11.4 Å². The molecule has 0 aliphatic rings. The number of carbonyl (C=O) groups excluding carboxylic acids is 2. The largest absolute Gasteiger partial charge is 0.370 e. The summed E-state index contributed by atoms with van der Waals surface area (Å²) >= 11 is 0. The number of nitrogens with two attached hydrogens (primary N) is 2. The Morgan fingerprint density at radius 2 is 1.98 bits per heavy atom. The Kier molecular flexibility index (Phi) is 9.24. The molecule has 1 atom stereocenters. The number of hydrogen-bond donors (Lipinski definition) is 3. The summed E-state index contributed by atoms with van der Waals surface area (Å²) < 4.78 is 1.92. The Balaban J connectivity index is 1.66. The molecule has 2 aromatic heterocycles. The molecule has 0 saturated carbocycles. The number of pyridine rings is 1. The fourth-order valence-corrected chi connectivity index (χ4v) is 4.52. The molecule has 10 nitrogen and oxygen atoms in total. The Morgan fingerprint density at radius 3 is 2.65 bits per heavy atom. The van der Waals surface area contributed by atoms with Gasteiger partial charge in [0.25, 0.3) is 5.91 Å². The molecular weight excluding hydrogens is 504 g/mol. The molecule has 0 bridgehead atoms. The summed E-state index contributed by atoms with van der Waals surface area (Å²) in [6.07, 6.45) is 6.05. The van der Waals surface area contributed by atoms with E-state index >= 15 is 0 Å². The highest BCUT2D eigenvalue weighted by molar-refractivity contribution is 5.98. The number of carbonyl (C=O) groups is 2. The van der Waals surface area contributed by atoms with E-state index in [1.807, 2.05) is 53.1 Å². The van der Waals surface area contributed by atoms with Crippen LogP contribution in [0.1, 0.15) is 34.9 Å². The lowest BCUT2D eigenvalue weighted by Gasteiger charge is -2.18. The van der Waals surface area contributed by atoms with Gasteiger partial charge in [0, 0.05) is 55.3 Å². The highest BCUT2D eigenvalue weighted by atomic mass is 16.2. The predicted molar refractivity (Wildman–Crippen MR) is 159 cm³/mol. The first-order chi connectivity index (χ1) is 19.4. The van der Waals surface area contributed by atoms with Crippen LogP contribution in [0.3, 0.4) is 0 Å². The number of imidazole rings is 1. The van der Waals surface area contributed by atoms with Gasteiger partial charge in [-0.15, -0.1) is 0 Å². The Labute approximate surface area is 233 Å². The lowest BCUT2D eigenvalue weighted by Crippen LogP contribution is -2.29. The van der Waals surface area contributed by atoms with Crippen LogP contribution >= 0.6 is 0 Å². The molecule has 0 fully saturated rings. The Bertz CT molecular complexity index is 1490. The lowest BCUT2D eigenvalue weighted by molar-refractivity contribution is -0.110. The quantitative estimate of drug-likeness (QED) is 0.102. The molecule has 206 valence electrons. The van der Waals surface area contributed by atoms with Gasteiger partial charge in [-0.3, -0.25) is 14.8 Å². The van der Waals surface area contributed by atoms with E-state index in [0.717, 1.165) is 28.7 Å². The monoisotopic (exact) mass is 538 g/mol. The van der Waals surface area contributed by atoms with E-state index in [2.05, 4.69) is 21.9 Å². The zero-order valence-electron chi connectivity index (χ0n) is 22.5. The van der Waals surface area contributed by atoms with E-state index in [9.17, 15) is 9.59 Å². The van der Waals surface area contributed by atoms with Gasteiger partial charge in [-0.25, -0.2) is 4.98 Å². The van der Waals surface area contributed by atoms with Crippen molar-refractivity contribution in [1.82, 2.24) is 19.4 Å². The second kappa shape index (κ2) is 13.2. The van der Waals surface area contributed by atoms with Crippen LogP contribution in [-0.4, -0.2) is 57.7 Å². The van der Waals surface area contributed by atoms with Gasteiger partial charge in [0.2, 0.25) is 0 Å². The van der Waals surface area contributed by atoms with Crippen LogP contribution in [0.5, 0.6) is 0 Å². The van der Waals surface area contributed by atoms with Crippen molar-refractivity contribution in [2.75, 3.05) is 25.5 Å². The molecule has 1 amide bonds. The number of hydrogen-bond acceptors (Lipinski definition) is 6. The van der Waals surface area contributed by atoms with Gasteiger partial charge in [0.1, 0.15) is 12.1 Å². The zero-order valence-corrected chi connectivity index (χ0v) is 22.5. The fourth-order valence-electron chi connectivity index (χ4n) is 4.52. The van der Waals surface area contributed by atoms with Crippen LogP contribution in [0, 0.1) is 0 Å². The molecule has 0 saturated heterocycles. The molecule has 0 aliphatic carbocycles. The SMILES string of the molecule is C=CNc1ccc(-c2nc3cc(C(=O)N(C)CCc4ccccn4)ccc3n2C(C=O)CCCN=C(N)N)cc1. The number of aliphatic imine (C=N–C) groups is 1. The van der Waals surface area contributed by atoms with E-state index in [1.54, 1.807) is 36.5 Å². The molecule has 0 spiro atoms. The number of rotatable bonds is 13. The van der Waals surface area contributed by atoms with Gasteiger partial charge in [-0.05, 0) is 73.6 Å². The van der Waals surface area contributed by atoms with Gasteiger partial charge in [-0.1, -0.05) is 12.6 Å². The van der Waals surface area contributed by atoms with Crippen molar-refractivity contribution in [1.29, 1.82) is 0 Å². The molecule has 4 aromatic rings. The molecule has 1 unspecified atom stereocenters. The van der Waals surface area contributed by atoms with Crippen LogP contribution in [0.15, 0.2) is 84.6 Å². The summed E-state index contributed by atoms with van der Waals surface area (Å²) in [7, 11) is 1.78. The van der Waals surface area contributed by atoms with Crippen molar-refractivity contribution in [2.24, 2.45) is 16.5 Å². The number of nitrogens with one attached hydrogen (secondary N) is 1. The third-order valence-electron chi connectivity index (χ3n) is 6.57. The maximum absolute atomic E-state index is 13.3. The smallest absolute Gasteiger partial charge is 0.253 e. The fraction of sp³-hybridized carbons (Fsp3) is 0.233. The van der Waals surface area contributed by atoms with Crippen molar-refractivity contribution < 1.29 is 9.59 Å². The second-order valence-corrected chi connectivity index (χ2v) is 9.38. The first-order valence-electron chi connectivity index (χ1n) is 13.1. The van der Waals surface area contributed by atoms with Gasteiger partial charge in [-0.2, -0.15) is 0 Å². The van der Waals surface area contributed by atoms with Crippen LogP contribution in [-0.2, 0) is 11.2 Å². The summed E-state index contributed by atoms with van der Waals surface area (Å²) in [4.78, 5) is 40.5. The highest BCUT2D eigenvalue weighted by Crippen LogP contribution is 2.31. The molecule has 2 heterocycles. The summed E-state index contributed by atoms with van der Waals surface area (Å²) in [5.74, 6) is 0.539. The van der Waals surface area contributed by atoms with Gasteiger partial charge >= 0.3 is 0 Å². The van der Waals surface area contributed by atoms with Crippen molar-refractivity contribution in [3.63, 3.8) is 0 Å². The summed E-state index contributed by atoms with van der Waals surface area (Å²) in [5.41, 5.74) is 15.5. The van der Waals surface area contributed by atoms with E-state index in [4.69, 9.17) is 16.5 Å². The number of aromatic nitrogens is 3. The normalized spacial score (nSPS) is 11.5. The van der Waals surface area contributed by atoms with Crippen molar-refractivity contribution in [2.45, 2.75) is 25.3 Å². The number of aldehydes is 1. The topological polar surface area (TPSA) is 145 Å². The average Bonchev–Trinajstić information content (AvgIpc) is 3.35. The van der Waals surface area contributed by atoms with Crippen molar-refractivity contribution in [3.05, 3.63) is 90.9 Å². The lowest BCUT2D eigenvalue weighted by atomic mass is 10.1. The standard InChI is InChI=1S/C30H34N8O2/c1-3-33-24-12-9-21(10-13-24)28-36-26-19-22(29(40)37(2)18-15-23-7-4-5-16-34-23)11-14-27(26)38(28)25(20-39)8-6-17-35-30(31)32/h3-5,7,9-14,16,19-20,25,33H,1,6,8,15,17-18H2,2H3,(H4,31,32,35). The Morgan fingerprint density at radius 1 is 1.18 bits per heavy atom. The van der Waals surface area contributed by atoms with Crippen LogP contribution < -0.4 is 16.8 Å². The molecule has 0 radical (unpaired) electrons. The van der Waals surface area contributed by atoms with Gasteiger partial charge in [0.05, 0.1) is 17.1 Å². The van der Waals surface area contributed by atoms with E-state index in [1.165, 1.54) is 0 Å². The maximum atomic E-state index is 13.3. The average molecular weight is 539 g/mol. The van der Waals surface area contributed by atoms with E-state index < -0.39 is 6.04 Å². The highest BCUT2D eigenvalue weighted by Gasteiger charge is 2.22. The minimum Gasteiger partial charge on any atom is -0.370 e. The second-order valence-electron chi connectivity index (χ2n) is 9.38. The Hall–Kier alpha value is -4.99. The molecule has 0 aliphatic heterocycles. The minimum atomic E-state index is -0.497. The molecular formula is C30H34N8O2. The van der Waals surface area contributed by atoms with Crippen molar-refractivity contribution >= 4 is 34.9 Å². The van der Waals surface area contributed by atoms with Crippen LogP contribution in [0.25, 0.3) is 22.4 Å². The predicted octanol–water partition coefficient (Wildman–Crippen LogP) is 3.76. The summed E-state index contributed by atoms with van der Waals surface area (Å²) in [5, 5.41) is 3.06. The van der Waals surface area contributed by atoms with Crippen LogP contribution in [0.4, 0.5) is 5.69 Å². The first-order valence-corrected chi connectivity index (χ1v) is 13.1. The summed E-state index contributed by atoms with van der Waals surface area (Å²) in [6.45, 7) is 4.64.